The minimum Gasteiger partial charge on any atom is -0.497 e. The highest BCUT2D eigenvalue weighted by atomic mass is 35.5. The fraction of sp³-hybridized carbons (Fsp3) is 0.167. The standard InChI is InChI=1S/C18H15Cl2N3O3/c1-25-13-5-2-11(3-6-13)18-22-17(26-23-18)9-8-16(24)21-12-4-7-14(19)15(20)10-12/h2-7,10H,8-9H2,1H3,(H,21,24). The maximum atomic E-state index is 12.0. The minimum absolute atomic E-state index is 0.187. The number of halogens is 2. The van der Waals surface area contributed by atoms with Gasteiger partial charge >= 0.3 is 0 Å². The third-order valence-corrected chi connectivity index (χ3v) is 4.32. The van der Waals surface area contributed by atoms with Crippen molar-refractivity contribution in [2.45, 2.75) is 12.8 Å². The van der Waals surface area contributed by atoms with Crippen LogP contribution in [0.3, 0.4) is 0 Å². The molecule has 0 radical (unpaired) electrons. The van der Waals surface area contributed by atoms with E-state index in [1.807, 2.05) is 24.3 Å². The highest BCUT2D eigenvalue weighted by molar-refractivity contribution is 6.42. The van der Waals surface area contributed by atoms with E-state index in [0.29, 0.717) is 33.9 Å². The van der Waals surface area contributed by atoms with E-state index < -0.39 is 0 Å². The maximum absolute atomic E-state index is 12.0. The van der Waals surface area contributed by atoms with Gasteiger partial charge in [-0.3, -0.25) is 4.79 Å². The van der Waals surface area contributed by atoms with Gasteiger partial charge in [0.1, 0.15) is 5.75 Å². The summed E-state index contributed by atoms with van der Waals surface area (Å²) in [4.78, 5) is 16.3. The lowest BCUT2D eigenvalue weighted by Gasteiger charge is -2.05. The van der Waals surface area contributed by atoms with Gasteiger partial charge in [0, 0.05) is 24.1 Å². The van der Waals surface area contributed by atoms with E-state index in [2.05, 4.69) is 15.5 Å². The van der Waals surface area contributed by atoms with Crippen LogP contribution in [0.25, 0.3) is 11.4 Å². The Hall–Kier alpha value is -2.57. The Morgan fingerprint density at radius 2 is 1.92 bits per heavy atom. The fourth-order valence-electron chi connectivity index (χ4n) is 2.23. The van der Waals surface area contributed by atoms with Crippen LogP contribution in [-0.4, -0.2) is 23.2 Å². The van der Waals surface area contributed by atoms with Crippen LogP contribution in [-0.2, 0) is 11.2 Å². The molecule has 1 aromatic heterocycles. The van der Waals surface area contributed by atoms with E-state index in [9.17, 15) is 4.79 Å². The van der Waals surface area contributed by atoms with Crippen molar-refractivity contribution >= 4 is 34.8 Å². The Labute approximate surface area is 160 Å². The summed E-state index contributed by atoms with van der Waals surface area (Å²) in [5, 5.41) is 7.49. The molecule has 1 amide bonds. The number of aromatic nitrogens is 2. The lowest BCUT2D eigenvalue weighted by atomic mass is 10.2. The lowest BCUT2D eigenvalue weighted by molar-refractivity contribution is -0.116. The summed E-state index contributed by atoms with van der Waals surface area (Å²) in [6.45, 7) is 0. The van der Waals surface area contributed by atoms with Gasteiger partial charge in [0.05, 0.1) is 17.2 Å². The fourth-order valence-corrected chi connectivity index (χ4v) is 2.53. The zero-order valence-electron chi connectivity index (χ0n) is 13.8. The van der Waals surface area contributed by atoms with Crippen LogP contribution in [0.15, 0.2) is 47.0 Å². The van der Waals surface area contributed by atoms with Crippen LogP contribution in [0.5, 0.6) is 5.75 Å². The van der Waals surface area contributed by atoms with Crippen molar-refractivity contribution in [3.05, 3.63) is 58.4 Å². The van der Waals surface area contributed by atoms with Gasteiger partial charge < -0.3 is 14.6 Å². The van der Waals surface area contributed by atoms with Gasteiger partial charge in [0.15, 0.2) is 0 Å². The average molecular weight is 392 g/mol. The molecule has 1 heterocycles. The Morgan fingerprint density at radius 1 is 1.15 bits per heavy atom. The Kier molecular flexibility index (Phi) is 5.75. The van der Waals surface area contributed by atoms with Crippen molar-refractivity contribution in [2.75, 3.05) is 12.4 Å². The number of rotatable bonds is 6. The van der Waals surface area contributed by atoms with Crippen LogP contribution in [0.4, 0.5) is 5.69 Å². The van der Waals surface area contributed by atoms with Crippen molar-refractivity contribution in [2.24, 2.45) is 0 Å². The molecule has 0 atom stereocenters. The molecule has 0 fully saturated rings. The Bertz CT molecular complexity index is 910. The van der Waals surface area contributed by atoms with E-state index in [0.717, 1.165) is 11.3 Å². The van der Waals surface area contributed by atoms with Crippen LogP contribution < -0.4 is 10.1 Å². The SMILES string of the molecule is COc1ccc(-c2noc(CCC(=O)Nc3ccc(Cl)c(Cl)c3)n2)cc1. The van der Waals surface area contributed by atoms with E-state index in [1.165, 1.54) is 0 Å². The summed E-state index contributed by atoms with van der Waals surface area (Å²) in [6, 6.07) is 12.2. The van der Waals surface area contributed by atoms with Crippen molar-refractivity contribution in [3.63, 3.8) is 0 Å². The second-order valence-corrected chi connectivity index (χ2v) is 6.23. The predicted molar refractivity (Wildman–Crippen MR) is 99.7 cm³/mol. The summed E-state index contributed by atoms with van der Waals surface area (Å²) in [6.07, 6.45) is 0.529. The molecular formula is C18H15Cl2N3O3. The molecule has 6 nitrogen and oxygen atoms in total. The normalized spacial score (nSPS) is 10.6. The van der Waals surface area contributed by atoms with Gasteiger partial charge in [-0.2, -0.15) is 4.98 Å². The van der Waals surface area contributed by atoms with Crippen LogP contribution in [0.1, 0.15) is 12.3 Å². The molecule has 26 heavy (non-hydrogen) atoms. The second kappa shape index (κ2) is 8.21. The second-order valence-electron chi connectivity index (χ2n) is 5.42. The van der Waals surface area contributed by atoms with Gasteiger partial charge in [0.2, 0.25) is 17.6 Å². The zero-order valence-corrected chi connectivity index (χ0v) is 15.3. The summed E-state index contributed by atoms with van der Waals surface area (Å²) in [5.41, 5.74) is 1.38. The van der Waals surface area contributed by atoms with Crippen LogP contribution in [0, 0.1) is 0 Å². The first kappa shape index (κ1) is 18.2. The largest absolute Gasteiger partial charge is 0.497 e. The molecule has 0 saturated heterocycles. The molecule has 0 saturated carbocycles. The first-order chi connectivity index (χ1) is 12.5. The predicted octanol–water partition coefficient (Wildman–Crippen LogP) is 4.62. The highest BCUT2D eigenvalue weighted by Gasteiger charge is 2.11. The van der Waals surface area contributed by atoms with Crippen molar-refractivity contribution in [1.82, 2.24) is 10.1 Å². The van der Waals surface area contributed by atoms with E-state index in [-0.39, 0.29) is 12.3 Å². The van der Waals surface area contributed by atoms with E-state index in [4.69, 9.17) is 32.5 Å². The third-order valence-electron chi connectivity index (χ3n) is 3.59. The molecule has 8 heteroatoms. The average Bonchev–Trinajstić information content (AvgIpc) is 3.12. The van der Waals surface area contributed by atoms with Gasteiger partial charge in [-0.15, -0.1) is 0 Å². The number of ether oxygens (including phenoxy) is 1. The molecular weight excluding hydrogens is 377 g/mol. The molecule has 0 aliphatic carbocycles. The topological polar surface area (TPSA) is 77.2 Å². The van der Waals surface area contributed by atoms with Crippen LogP contribution in [0.2, 0.25) is 10.0 Å². The highest BCUT2D eigenvalue weighted by Crippen LogP contribution is 2.25. The van der Waals surface area contributed by atoms with Crippen LogP contribution >= 0.6 is 23.2 Å². The van der Waals surface area contributed by atoms with Crippen molar-refractivity contribution < 1.29 is 14.1 Å². The number of aryl methyl sites for hydroxylation is 1. The number of hydrogen-bond donors (Lipinski definition) is 1. The molecule has 1 N–H and O–H groups in total. The maximum Gasteiger partial charge on any atom is 0.227 e. The van der Waals surface area contributed by atoms with E-state index in [1.54, 1.807) is 25.3 Å². The molecule has 134 valence electrons. The number of nitrogens with one attached hydrogen (secondary N) is 1. The number of hydrogen-bond acceptors (Lipinski definition) is 5. The zero-order chi connectivity index (χ0) is 18.5. The first-order valence-corrected chi connectivity index (χ1v) is 8.52. The monoisotopic (exact) mass is 391 g/mol. The molecule has 2 aromatic carbocycles. The van der Waals surface area contributed by atoms with Crippen molar-refractivity contribution in [1.29, 1.82) is 0 Å². The quantitative estimate of drug-likeness (QED) is 0.662. The van der Waals surface area contributed by atoms with Gasteiger partial charge in [-0.25, -0.2) is 0 Å². The first-order valence-electron chi connectivity index (χ1n) is 7.77. The molecule has 0 bridgehead atoms. The Morgan fingerprint density at radius 3 is 2.62 bits per heavy atom. The number of carbonyl (C=O) groups is 1. The number of methoxy groups -OCH3 is 1. The summed E-state index contributed by atoms with van der Waals surface area (Å²) >= 11 is 11.8. The molecule has 0 spiro atoms. The molecule has 3 rings (SSSR count). The van der Waals surface area contributed by atoms with E-state index >= 15 is 0 Å². The third kappa shape index (κ3) is 4.53. The number of carbonyl (C=O) groups excluding carboxylic acids is 1. The molecule has 3 aromatic rings. The molecule has 0 aliphatic heterocycles. The van der Waals surface area contributed by atoms with Gasteiger partial charge in [-0.1, -0.05) is 28.4 Å². The Balaban J connectivity index is 1.56. The smallest absolute Gasteiger partial charge is 0.227 e. The number of amides is 1. The molecule has 0 unspecified atom stereocenters. The number of anilines is 1. The number of nitrogens with zero attached hydrogens (tertiary/aromatic N) is 2. The summed E-state index contributed by atoms with van der Waals surface area (Å²) in [5.74, 6) is 1.41. The lowest BCUT2D eigenvalue weighted by Crippen LogP contribution is -2.12. The number of benzene rings is 2. The van der Waals surface area contributed by atoms with Crippen molar-refractivity contribution in [3.8, 4) is 17.1 Å². The van der Waals surface area contributed by atoms with Gasteiger partial charge in [-0.05, 0) is 42.5 Å². The minimum atomic E-state index is -0.187. The summed E-state index contributed by atoms with van der Waals surface area (Å²) < 4.78 is 10.3. The van der Waals surface area contributed by atoms with Gasteiger partial charge in [0.25, 0.3) is 0 Å². The molecule has 0 aliphatic rings. The summed E-state index contributed by atoms with van der Waals surface area (Å²) in [7, 11) is 1.60.